The number of rotatable bonds is 11. The number of nitro benzene ring substituents is 1. The average molecular weight is 611 g/mol. The molecule has 0 amide bonds. The van der Waals surface area contributed by atoms with Gasteiger partial charge < -0.3 is 23.7 Å². The van der Waals surface area contributed by atoms with E-state index in [9.17, 15) is 24.5 Å². The normalized spacial score (nSPS) is 16.2. The quantitative estimate of drug-likeness (QED) is 0.0930. The molecule has 14 heteroatoms. The zero-order valence-corrected chi connectivity index (χ0v) is 24.9. The summed E-state index contributed by atoms with van der Waals surface area (Å²) in [7, 11) is 1.67. The molecule has 0 radical (unpaired) electrons. The number of aromatic nitrogens is 3. The molecule has 0 saturated heterocycles. The Bertz CT molecular complexity index is 1500. The van der Waals surface area contributed by atoms with Crippen molar-refractivity contribution in [3.8, 4) is 22.8 Å². The first-order valence-electron chi connectivity index (χ1n) is 14.1. The van der Waals surface area contributed by atoms with Crippen molar-refractivity contribution < 1.29 is 43.0 Å². The highest BCUT2D eigenvalue weighted by Gasteiger charge is 2.31. The minimum absolute atomic E-state index is 0.0827. The minimum atomic E-state index is -1.01. The molecule has 44 heavy (non-hydrogen) atoms. The molecule has 0 N–H and O–H groups in total. The summed E-state index contributed by atoms with van der Waals surface area (Å²) in [5.41, 5.74) is 1.76. The van der Waals surface area contributed by atoms with E-state index in [1.807, 2.05) is 13.8 Å². The van der Waals surface area contributed by atoms with Crippen LogP contribution in [0.2, 0.25) is 0 Å². The summed E-state index contributed by atoms with van der Waals surface area (Å²) in [4.78, 5) is 51.4. The van der Waals surface area contributed by atoms with Gasteiger partial charge in [0.2, 0.25) is 0 Å². The molecule has 0 aliphatic heterocycles. The Morgan fingerprint density at radius 3 is 2.50 bits per heavy atom. The second-order valence-corrected chi connectivity index (χ2v) is 10.5. The molecule has 14 nitrogen and oxygen atoms in total. The van der Waals surface area contributed by atoms with Crippen molar-refractivity contribution in [2.75, 3.05) is 0 Å². The van der Waals surface area contributed by atoms with Gasteiger partial charge in [-0.25, -0.2) is 9.78 Å². The third kappa shape index (κ3) is 8.52. The first kappa shape index (κ1) is 31.9. The highest BCUT2D eigenvalue weighted by Crippen LogP contribution is 2.32. The monoisotopic (exact) mass is 610 g/mol. The predicted molar refractivity (Wildman–Crippen MR) is 153 cm³/mol. The van der Waals surface area contributed by atoms with Crippen LogP contribution in [0, 0.1) is 16.0 Å². The minimum Gasteiger partial charge on any atom is -0.488 e. The Kier molecular flexibility index (Phi) is 10.5. The van der Waals surface area contributed by atoms with Crippen molar-refractivity contribution in [1.82, 2.24) is 14.8 Å². The lowest BCUT2D eigenvalue weighted by molar-refractivity contribution is -0.384. The number of hydrogen-bond donors (Lipinski definition) is 0. The van der Waals surface area contributed by atoms with E-state index in [4.69, 9.17) is 28.7 Å². The highest BCUT2D eigenvalue weighted by molar-refractivity contribution is 5.72. The van der Waals surface area contributed by atoms with E-state index in [-0.39, 0.29) is 48.7 Å². The van der Waals surface area contributed by atoms with E-state index < -0.39 is 17.0 Å². The molecule has 234 valence electrons. The van der Waals surface area contributed by atoms with E-state index in [1.165, 1.54) is 35.9 Å². The number of benzene rings is 1. The van der Waals surface area contributed by atoms with Gasteiger partial charge in [-0.3, -0.25) is 24.4 Å². The van der Waals surface area contributed by atoms with Crippen molar-refractivity contribution in [3.05, 3.63) is 64.1 Å². The zero-order chi connectivity index (χ0) is 31.8. The summed E-state index contributed by atoms with van der Waals surface area (Å²) in [6, 6.07) is 8.44. The Hall–Kier alpha value is -5.01. The molecule has 0 spiro atoms. The third-order valence-electron chi connectivity index (χ3n) is 6.86. The fourth-order valence-corrected chi connectivity index (χ4v) is 4.73. The second kappa shape index (κ2) is 14.4. The van der Waals surface area contributed by atoms with E-state index in [1.54, 1.807) is 25.4 Å². The van der Waals surface area contributed by atoms with Crippen LogP contribution in [0.15, 0.2) is 42.6 Å². The number of non-ortho nitro benzene ring substituents is 1. The Labute approximate surface area is 253 Å². The van der Waals surface area contributed by atoms with E-state index in [0.29, 0.717) is 34.8 Å². The molecule has 1 aromatic carbocycles. The van der Waals surface area contributed by atoms with Crippen molar-refractivity contribution in [2.45, 2.75) is 71.9 Å². The van der Waals surface area contributed by atoms with Crippen LogP contribution in [-0.2, 0) is 44.1 Å². The lowest BCUT2D eigenvalue weighted by Gasteiger charge is -2.29. The third-order valence-corrected chi connectivity index (χ3v) is 6.86. The van der Waals surface area contributed by atoms with Gasteiger partial charge in [0.25, 0.3) is 5.69 Å². The van der Waals surface area contributed by atoms with E-state index in [2.05, 4.69) is 5.10 Å². The highest BCUT2D eigenvalue weighted by atomic mass is 16.7. The summed E-state index contributed by atoms with van der Waals surface area (Å²) in [6.07, 6.45) is 2.89. The van der Waals surface area contributed by atoms with E-state index in [0.717, 1.165) is 19.3 Å². The molecule has 0 unspecified atom stereocenters. The molecule has 1 aliphatic rings. The molecule has 2 atom stereocenters. The van der Waals surface area contributed by atoms with Crippen LogP contribution in [0.3, 0.4) is 0 Å². The summed E-state index contributed by atoms with van der Waals surface area (Å²) < 4.78 is 28.8. The molecular formula is C30H34N4O10. The number of esters is 2. The van der Waals surface area contributed by atoms with Crippen LogP contribution < -0.4 is 9.47 Å². The number of nitro groups is 1. The van der Waals surface area contributed by atoms with Crippen molar-refractivity contribution in [2.24, 2.45) is 13.0 Å². The fraction of sp³-hybridized carbons (Fsp3) is 0.433. The number of pyridine rings is 1. The Morgan fingerprint density at radius 1 is 1.07 bits per heavy atom. The average Bonchev–Trinajstić information content (AvgIpc) is 3.35. The largest absolute Gasteiger partial charge is 0.514 e. The van der Waals surface area contributed by atoms with Crippen LogP contribution in [0.4, 0.5) is 10.5 Å². The lowest BCUT2D eigenvalue weighted by Crippen LogP contribution is -2.32. The number of hydrogen-bond acceptors (Lipinski definition) is 12. The smallest absolute Gasteiger partial charge is 0.488 e. The molecule has 1 fully saturated rings. The first-order chi connectivity index (χ1) is 21.0. The number of carbonyl (C=O) groups is 3. The Balaban J connectivity index is 1.48. The summed E-state index contributed by atoms with van der Waals surface area (Å²) in [5, 5.41) is 15.1. The SMILES string of the molecule is CC(=O)OCc1nc(-c2cnn(C)c2COC(=O)Oc2ccc([N+](=O)[O-])cc2)ccc1O[C@H]1CCC[C@H](C(=O)OC(C)C)C1. The number of aryl methyl sites for hydroxylation is 1. The number of nitrogens with zero attached hydrogens (tertiary/aromatic N) is 4. The maximum atomic E-state index is 12.5. The maximum absolute atomic E-state index is 12.5. The summed E-state index contributed by atoms with van der Waals surface area (Å²) in [5.74, 6) is -0.472. The van der Waals surface area contributed by atoms with Gasteiger partial charge >= 0.3 is 18.1 Å². The number of ether oxygens (including phenoxy) is 5. The van der Waals surface area contributed by atoms with Crippen molar-refractivity contribution in [1.29, 1.82) is 0 Å². The predicted octanol–water partition coefficient (Wildman–Crippen LogP) is 5.06. The molecule has 3 aromatic rings. The van der Waals surface area contributed by atoms with Crippen LogP contribution in [-0.4, -0.2) is 50.0 Å². The van der Waals surface area contributed by atoms with E-state index >= 15 is 0 Å². The summed E-state index contributed by atoms with van der Waals surface area (Å²) in [6.45, 7) is 4.57. The molecule has 0 bridgehead atoms. The van der Waals surface area contributed by atoms with Gasteiger partial charge in [0.05, 0.1) is 40.6 Å². The van der Waals surface area contributed by atoms with Crippen molar-refractivity contribution >= 4 is 23.8 Å². The van der Waals surface area contributed by atoms with Gasteiger partial charge in [0.1, 0.15) is 30.4 Å². The van der Waals surface area contributed by atoms with Gasteiger partial charge in [0.15, 0.2) is 0 Å². The van der Waals surface area contributed by atoms with Crippen LogP contribution in [0.5, 0.6) is 11.5 Å². The second-order valence-electron chi connectivity index (χ2n) is 10.5. The van der Waals surface area contributed by atoms with Gasteiger partial charge in [-0.1, -0.05) is 0 Å². The van der Waals surface area contributed by atoms with Crippen LogP contribution >= 0.6 is 0 Å². The standard InChI is InChI=1S/C30H34N4O10/c1-18(2)42-29(36)20-6-5-7-23(14-20)43-28-13-12-25(32-26(28)16-40-19(3)35)24-15-31-33(4)27(24)17-41-30(37)44-22-10-8-21(9-11-22)34(38)39/h8-13,15,18,20,23H,5-7,14,16-17H2,1-4H3/t20-,23-/m0/s1. The maximum Gasteiger partial charge on any atom is 0.514 e. The molecule has 2 heterocycles. The van der Waals surface area contributed by atoms with Crippen molar-refractivity contribution in [3.63, 3.8) is 0 Å². The molecule has 1 saturated carbocycles. The first-order valence-corrected chi connectivity index (χ1v) is 14.1. The van der Waals surface area contributed by atoms with Crippen LogP contribution in [0.25, 0.3) is 11.3 Å². The van der Waals surface area contributed by atoms with Crippen LogP contribution in [0.1, 0.15) is 57.8 Å². The summed E-state index contributed by atoms with van der Waals surface area (Å²) >= 11 is 0. The van der Waals surface area contributed by atoms with Gasteiger partial charge in [-0.15, -0.1) is 0 Å². The molecule has 2 aromatic heterocycles. The molecule has 1 aliphatic carbocycles. The van der Waals surface area contributed by atoms with Gasteiger partial charge in [-0.05, 0) is 63.8 Å². The fourth-order valence-electron chi connectivity index (χ4n) is 4.73. The number of carbonyl (C=O) groups excluding carboxylic acids is 3. The Morgan fingerprint density at radius 2 is 1.82 bits per heavy atom. The molecule has 4 rings (SSSR count). The van der Waals surface area contributed by atoms with Gasteiger partial charge in [-0.2, -0.15) is 5.10 Å². The topological polar surface area (TPSA) is 171 Å². The lowest BCUT2D eigenvalue weighted by atomic mass is 9.87. The zero-order valence-electron chi connectivity index (χ0n) is 24.9. The molecular weight excluding hydrogens is 576 g/mol. The van der Waals surface area contributed by atoms with Gasteiger partial charge in [0, 0.05) is 31.7 Å².